The van der Waals surface area contributed by atoms with E-state index in [0.717, 1.165) is 25.3 Å². The number of hydrogen-bond acceptors (Lipinski definition) is 3. The Kier molecular flexibility index (Phi) is 4.68. The Morgan fingerprint density at radius 3 is 2.28 bits per heavy atom. The highest BCUT2D eigenvalue weighted by Gasteiger charge is 2.43. The van der Waals surface area contributed by atoms with Gasteiger partial charge in [-0.1, -0.05) is 6.92 Å². The first kappa shape index (κ1) is 14.3. The lowest BCUT2D eigenvalue weighted by Crippen LogP contribution is -2.60. The Balaban J connectivity index is 2.09. The first-order valence-electron chi connectivity index (χ1n) is 7.70. The molecule has 1 aliphatic carbocycles. The fourth-order valence-electron chi connectivity index (χ4n) is 3.60. The summed E-state index contributed by atoms with van der Waals surface area (Å²) in [6.07, 6.45) is 6.94. The van der Waals surface area contributed by atoms with Gasteiger partial charge in [-0.05, 0) is 58.4 Å². The molecule has 3 nitrogen and oxygen atoms in total. The third kappa shape index (κ3) is 3.25. The molecule has 0 spiro atoms. The van der Waals surface area contributed by atoms with E-state index in [9.17, 15) is 0 Å². The van der Waals surface area contributed by atoms with E-state index in [2.05, 4.69) is 25.7 Å². The zero-order valence-corrected chi connectivity index (χ0v) is 12.3. The van der Waals surface area contributed by atoms with Crippen molar-refractivity contribution in [2.75, 3.05) is 19.6 Å². The van der Waals surface area contributed by atoms with Crippen molar-refractivity contribution in [2.45, 2.75) is 70.6 Å². The van der Waals surface area contributed by atoms with Crippen LogP contribution in [0.2, 0.25) is 0 Å². The largest absolute Gasteiger partial charge is 0.375 e. The molecule has 0 radical (unpaired) electrons. The molecular formula is C15H30N2O. The molecule has 2 N–H and O–H groups in total. The summed E-state index contributed by atoms with van der Waals surface area (Å²) in [5.74, 6) is 0.938. The van der Waals surface area contributed by atoms with Gasteiger partial charge in [0.25, 0.3) is 0 Å². The fourth-order valence-corrected chi connectivity index (χ4v) is 3.60. The highest BCUT2D eigenvalue weighted by atomic mass is 16.5. The summed E-state index contributed by atoms with van der Waals surface area (Å²) in [5, 5.41) is 0. The second kappa shape index (κ2) is 5.89. The fraction of sp³-hybridized carbons (Fsp3) is 1.00. The van der Waals surface area contributed by atoms with Gasteiger partial charge in [0.2, 0.25) is 0 Å². The van der Waals surface area contributed by atoms with Crippen molar-refractivity contribution in [3.8, 4) is 0 Å². The van der Waals surface area contributed by atoms with E-state index >= 15 is 0 Å². The lowest BCUT2D eigenvalue weighted by molar-refractivity contribution is -0.104. The van der Waals surface area contributed by atoms with Crippen LogP contribution in [0.1, 0.15) is 52.9 Å². The van der Waals surface area contributed by atoms with Crippen LogP contribution in [0.3, 0.4) is 0 Å². The predicted octanol–water partition coefficient (Wildman–Crippen LogP) is 2.39. The molecule has 0 bridgehead atoms. The van der Waals surface area contributed by atoms with Gasteiger partial charge in [0.05, 0.1) is 12.2 Å². The number of hydrogen-bond donors (Lipinski definition) is 1. The van der Waals surface area contributed by atoms with Crippen molar-refractivity contribution in [1.29, 1.82) is 0 Å². The number of rotatable bonds is 6. The lowest BCUT2D eigenvalue weighted by Gasteiger charge is -2.49. The van der Waals surface area contributed by atoms with Crippen molar-refractivity contribution in [2.24, 2.45) is 11.7 Å². The van der Waals surface area contributed by atoms with Crippen molar-refractivity contribution in [1.82, 2.24) is 4.90 Å². The molecule has 2 unspecified atom stereocenters. The van der Waals surface area contributed by atoms with Gasteiger partial charge < -0.3 is 10.5 Å². The maximum absolute atomic E-state index is 6.19. The normalized spacial score (nSPS) is 37.2. The van der Waals surface area contributed by atoms with Gasteiger partial charge in [-0.3, -0.25) is 4.90 Å². The summed E-state index contributed by atoms with van der Waals surface area (Å²) >= 11 is 0. The molecule has 0 amide bonds. The van der Waals surface area contributed by atoms with Crippen LogP contribution >= 0.6 is 0 Å². The molecule has 18 heavy (non-hydrogen) atoms. The van der Waals surface area contributed by atoms with Crippen LogP contribution in [0.15, 0.2) is 0 Å². The summed E-state index contributed by atoms with van der Waals surface area (Å²) in [6.45, 7) is 9.88. The first-order valence-corrected chi connectivity index (χ1v) is 7.70. The molecule has 1 heterocycles. The highest BCUT2D eigenvalue weighted by Crippen LogP contribution is 2.37. The molecule has 1 aliphatic heterocycles. The zero-order chi connectivity index (χ0) is 13.2. The van der Waals surface area contributed by atoms with E-state index in [4.69, 9.17) is 10.5 Å². The maximum atomic E-state index is 6.19. The van der Waals surface area contributed by atoms with Crippen LogP contribution in [0.4, 0.5) is 0 Å². The van der Waals surface area contributed by atoms with Crippen LogP contribution in [-0.2, 0) is 4.74 Å². The quantitative estimate of drug-likeness (QED) is 0.791. The van der Waals surface area contributed by atoms with Gasteiger partial charge in [0.1, 0.15) is 0 Å². The number of ether oxygens (including phenoxy) is 1. The molecule has 2 atom stereocenters. The first-order chi connectivity index (χ1) is 8.59. The second-order valence-corrected chi connectivity index (χ2v) is 6.48. The van der Waals surface area contributed by atoms with E-state index in [0.29, 0.717) is 12.2 Å². The predicted molar refractivity (Wildman–Crippen MR) is 75.6 cm³/mol. The van der Waals surface area contributed by atoms with Gasteiger partial charge in [-0.25, -0.2) is 0 Å². The minimum atomic E-state index is 0.190. The van der Waals surface area contributed by atoms with Crippen LogP contribution in [0.5, 0.6) is 0 Å². The van der Waals surface area contributed by atoms with E-state index in [1.807, 2.05) is 0 Å². The molecule has 106 valence electrons. The Bertz CT molecular complexity index is 255. The minimum absolute atomic E-state index is 0.190. The van der Waals surface area contributed by atoms with Gasteiger partial charge >= 0.3 is 0 Å². The summed E-state index contributed by atoms with van der Waals surface area (Å²) in [7, 11) is 0. The Hall–Kier alpha value is -0.120. The second-order valence-electron chi connectivity index (χ2n) is 6.48. The van der Waals surface area contributed by atoms with Crippen LogP contribution in [-0.4, -0.2) is 42.3 Å². The lowest BCUT2D eigenvalue weighted by atomic mass is 9.82. The maximum Gasteiger partial charge on any atom is 0.0568 e. The van der Waals surface area contributed by atoms with Crippen LogP contribution in [0.25, 0.3) is 0 Å². The molecule has 1 saturated carbocycles. The van der Waals surface area contributed by atoms with Gasteiger partial charge in [-0.15, -0.1) is 0 Å². The monoisotopic (exact) mass is 254 g/mol. The third-order valence-corrected chi connectivity index (χ3v) is 4.52. The smallest absolute Gasteiger partial charge is 0.0568 e. The average molecular weight is 254 g/mol. The molecule has 2 aliphatic rings. The molecule has 0 aromatic heterocycles. The summed E-state index contributed by atoms with van der Waals surface area (Å²) < 4.78 is 5.91. The Morgan fingerprint density at radius 1 is 1.22 bits per heavy atom. The van der Waals surface area contributed by atoms with E-state index in [-0.39, 0.29) is 5.54 Å². The Morgan fingerprint density at radius 2 is 1.83 bits per heavy atom. The molecule has 0 aromatic rings. The minimum Gasteiger partial charge on any atom is -0.375 e. The van der Waals surface area contributed by atoms with Gasteiger partial charge in [0, 0.05) is 18.6 Å². The molecule has 2 rings (SSSR count). The zero-order valence-electron chi connectivity index (χ0n) is 12.3. The van der Waals surface area contributed by atoms with Crippen LogP contribution in [0, 0.1) is 5.92 Å². The number of nitrogens with zero attached hydrogens (tertiary/aromatic N) is 1. The van der Waals surface area contributed by atoms with Crippen molar-refractivity contribution in [3.63, 3.8) is 0 Å². The molecule has 1 saturated heterocycles. The standard InChI is InChI=1S/C15H30N2O/c1-4-7-17(10-14-5-6-14)15(11-16)8-12(2)18-13(3)9-15/h12-14H,4-11,16H2,1-3H3. The molecular weight excluding hydrogens is 224 g/mol. The summed E-state index contributed by atoms with van der Waals surface area (Å²) in [4.78, 5) is 2.69. The third-order valence-electron chi connectivity index (χ3n) is 4.52. The van der Waals surface area contributed by atoms with Crippen molar-refractivity contribution in [3.05, 3.63) is 0 Å². The van der Waals surface area contributed by atoms with E-state index in [1.54, 1.807) is 0 Å². The average Bonchev–Trinajstić information content (AvgIpc) is 3.11. The van der Waals surface area contributed by atoms with Gasteiger partial charge in [-0.2, -0.15) is 0 Å². The van der Waals surface area contributed by atoms with Crippen molar-refractivity contribution < 1.29 is 4.74 Å². The molecule has 0 aromatic carbocycles. The molecule has 3 heteroatoms. The summed E-state index contributed by atoms with van der Waals surface area (Å²) in [5.41, 5.74) is 6.38. The SMILES string of the molecule is CCCN(CC1CC1)C1(CN)CC(C)OC(C)C1. The van der Waals surface area contributed by atoms with Crippen LogP contribution < -0.4 is 5.73 Å². The topological polar surface area (TPSA) is 38.5 Å². The van der Waals surface area contributed by atoms with Crippen molar-refractivity contribution >= 4 is 0 Å². The Labute approximate surface area is 112 Å². The van der Waals surface area contributed by atoms with E-state index < -0.39 is 0 Å². The van der Waals surface area contributed by atoms with E-state index in [1.165, 1.54) is 32.4 Å². The van der Waals surface area contributed by atoms with Gasteiger partial charge in [0.15, 0.2) is 0 Å². The summed E-state index contributed by atoms with van der Waals surface area (Å²) in [6, 6.07) is 0. The number of nitrogens with two attached hydrogens (primary N) is 1. The highest BCUT2D eigenvalue weighted by molar-refractivity contribution is 4.99. The molecule has 2 fully saturated rings.